The molecule has 0 N–H and O–H groups in total. The average Bonchev–Trinajstić information content (AvgIpc) is 2.67. The van der Waals surface area contributed by atoms with Crippen LogP contribution in [-0.4, -0.2) is 23.6 Å². The van der Waals surface area contributed by atoms with Crippen LogP contribution >= 0.6 is 11.6 Å². The van der Waals surface area contributed by atoms with Crippen LogP contribution in [-0.2, 0) is 9.84 Å². The number of aromatic nitrogens is 2. The third-order valence-electron chi connectivity index (χ3n) is 3.89. The van der Waals surface area contributed by atoms with Crippen molar-refractivity contribution < 1.29 is 8.42 Å². The standard InChI is InChI=1S/C21H17ClN2O2S/c1-15(2)27(25,26)20-10-7-17(8-11-20)21-14-23-13-19(24-21)9-6-16-4-3-5-18(22)12-16/h3-5,7-8,10-15H,1-2H3. The van der Waals surface area contributed by atoms with Crippen LogP contribution in [0, 0.1) is 11.8 Å². The maximum Gasteiger partial charge on any atom is 0.180 e. The first kappa shape index (κ1) is 19.1. The van der Waals surface area contributed by atoms with Crippen molar-refractivity contribution in [2.45, 2.75) is 24.0 Å². The molecule has 0 spiro atoms. The van der Waals surface area contributed by atoms with E-state index in [9.17, 15) is 8.42 Å². The first-order valence-electron chi connectivity index (χ1n) is 8.30. The van der Waals surface area contributed by atoms with Crippen molar-refractivity contribution in [2.24, 2.45) is 0 Å². The Labute approximate surface area is 164 Å². The van der Waals surface area contributed by atoms with E-state index >= 15 is 0 Å². The van der Waals surface area contributed by atoms with E-state index in [1.54, 1.807) is 62.6 Å². The Morgan fingerprint density at radius 1 is 1.00 bits per heavy atom. The predicted octanol–water partition coefficient (Wildman–Crippen LogP) is 4.38. The summed E-state index contributed by atoms with van der Waals surface area (Å²) in [6, 6.07) is 13.9. The molecule has 3 aromatic rings. The number of nitrogens with zero attached hydrogens (tertiary/aromatic N) is 2. The van der Waals surface area contributed by atoms with Crippen molar-refractivity contribution in [3.63, 3.8) is 0 Å². The van der Waals surface area contributed by atoms with Gasteiger partial charge in [0.15, 0.2) is 9.84 Å². The molecule has 6 heteroatoms. The summed E-state index contributed by atoms with van der Waals surface area (Å²) in [6.07, 6.45) is 3.20. The van der Waals surface area contributed by atoms with Crippen molar-refractivity contribution in [2.75, 3.05) is 0 Å². The molecule has 136 valence electrons. The van der Waals surface area contributed by atoms with Gasteiger partial charge in [-0.3, -0.25) is 4.98 Å². The lowest BCUT2D eigenvalue weighted by Crippen LogP contribution is -2.13. The monoisotopic (exact) mass is 396 g/mol. The molecule has 0 radical (unpaired) electrons. The van der Waals surface area contributed by atoms with Crippen LogP contribution in [0.4, 0.5) is 0 Å². The highest BCUT2D eigenvalue weighted by Gasteiger charge is 2.18. The Morgan fingerprint density at radius 2 is 1.74 bits per heavy atom. The van der Waals surface area contributed by atoms with Gasteiger partial charge in [-0.15, -0.1) is 0 Å². The van der Waals surface area contributed by atoms with Gasteiger partial charge in [0.25, 0.3) is 0 Å². The Kier molecular flexibility index (Phi) is 5.59. The zero-order chi connectivity index (χ0) is 19.4. The Bertz CT molecular complexity index is 1130. The molecular formula is C21H17ClN2O2S. The van der Waals surface area contributed by atoms with Gasteiger partial charge in [0.2, 0.25) is 0 Å². The Hall–Kier alpha value is -2.68. The minimum atomic E-state index is -3.30. The molecule has 0 unspecified atom stereocenters. The summed E-state index contributed by atoms with van der Waals surface area (Å²) < 4.78 is 24.4. The summed E-state index contributed by atoms with van der Waals surface area (Å²) in [5.74, 6) is 5.98. The van der Waals surface area contributed by atoms with Gasteiger partial charge in [-0.05, 0) is 50.1 Å². The van der Waals surface area contributed by atoms with E-state index in [0.29, 0.717) is 21.3 Å². The summed E-state index contributed by atoms with van der Waals surface area (Å²) >= 11 is 5.96. The molecule has 0 aliphatic carbocycles. The lowest BCUT2D eigenvalue weighted by Gasteiger charge is -2.08. The van der Waals surface area contributed by atoms with E-state index in [1.807, 2.05) is 12.1 Å². The van der Waals surface area contributed by atoms with Gasteiger partial charge in [0, 0.05) is 16.1 Å². The number of benzene rings is 2. The number of hydrogen-bond donors (Lipinski definition) is 0. The second-order valence-corrected chi connectivity index (χ2v) is 9.11. The van der Waals surface area contributed by atoms with Crippen LogP contribution in [0.5, 0.6) is 0 Å². The molecule has 0 saturated heterocycles. The van der Waals surface area contributed by atoms with Crippen molar-refractivity contribution >= 4 is 21.4 Å². The topological polar surface area (TPSA) is 59.9 Å². The van der Waals surface area contributed by atoms with Crippen molar-refractivity contribution in [1.29, 1.82) is 0 Å². The highest BCUT2D eigenvalue weighted by molar-refractivity contribution is 7.92. The summed E-state index contributed by atoms with van der Waals surface area (Å²) in [7, 11) is -3.30. The summed E-state index contributed by atoms with van der Waals surface area (Å²) in [5.41, 5.74) is 2.71. The quantitative estimate of drug-likeness (QED) is 0.616. The molecule has 3 rings (SSSR count). The molecule has 0 bridgehead atoms. The zero-order valence-corrected chi connectivity index (χ0v) is 16.4. The number of hydrogen-bond acceptors (Lipinski definition) is 4. The Morgan fingerprint density at radius 3 is 2.41 bits per heavy atom. The third-order valence-corrected chi connectivity index (χ3v) is 6.30. The molecule has 2 aromatic carbocycles. The van der Waals surface area contributed by atoms with Crippen LogP contribution in [0.15, 0.2) is 65.8 Å². The van der Waals surface area contributed by atoms with Crippen LogP contribution in [0.25, 0.3) is 11.3 Å². The van der Waals surface area contributed by atoms with Gasteiger partial charge in [0.05, 0.1) is 28.2 Å². The van der Waals surface area contributed by atoms with Gasteiger partial charge in [-0.2, -0.15) is 0 Å². The fraction of sp³-hybridized carbons (Fsp3) is 0.143. The van der Waals surface area contributed by atoms with Gasteiger partial charge in [0.1, 0.15) is 5.69 Å². The largest absolute Gasteiger partial charge is 0.259 e. The van der Waals surface area contributed by atoms with Crippen LogP contribution in [0.2, 0.25) is 5.02 Å². The molecule has 0 fully saturated rings. The molecule has 4 nitrogen and oxygen atoms in total. The second-order valence-electron chi connectivity index (χ2n) is 6.17. The lowest BCUT2D eigenvalue weighted by atomic mass is 10.1. The van der Waals surface area contributed by atoms with E-state index in [2.05, 4.69) is 21.8 Å². The number of rotatable bonds is 3. The van der Waals surface area contributed by atoms with E-state index in [-0.39, 0.29) is 0 Å². The highest BCUT2D eigenvalue weighted by Crippen LogP contribution is 2.21. The van der Waals surface area contributed by atoms with E-state index < -0.39 is 15.1 Å². The van der Waals surface area contributed by atoms with E-state index in [4.69, 9.17) is 11.6 Å². The third kappa shape index (κ3) is 4.54. The maximum absolute atomic E-state index is 12.2. The van der Waals surface area contributed by atoms with Crippen LogP contribution in [0.1, 0.15) is 25.1 Å². The smallest absolute Gasteiger partial charge is 0.180 e. The fourth-order valence-corrected chi connectivity index (χ4v) is 3.61. The number of sulfone groups is 1. The molecule has 0 aliphatic heterocycles. The normalized spacial score (nSPS) is 11.1. The first-order chi connectivity index (χ1) is 12.9. The minimum absolute atomic E-state index is 0.297. The molecular weight excluding hydrogens is 380 g/mol. The predicted molar refractivity (Wildman–Crippen MR) is 107 cm³/mol. The van der Waals surface area contributed by atoms with E-state index in [0.717, 1.165) is 11.1 Å². The van der Waals surface area contributed by atoms with Gasteiger partial charge in [-0.25, -0.2) is 13.4 Å². The second kappa shape index (κ2) is 7.91. The molecule has 0 amide bonds. The van der Waals surface area contributed by atoms with Crippen molar-refractivity contribution in [3.8, 4) is 23.1 Å². The van der Waals surface area contributed by atoms with Gasteiger partial charge in [-0.1, -0.05) is 35.7 Å². The maximum atomic E-state index is 12.2. The number of halogens is 1. The average molecular weight is 397 g/mol. The summed E-state index contributed by atoms with van der Waals surface area (Å²) in [5, 5.41) is 0.159. The molecule has 1 aromatic heterocycles. The van der Waals surface area contributed by atoms with Gasteiger partial charge >= 0.3 is 0 Å². The Balaban J connectivity index is 1.88. The molecule has 27 heavy (non-hydrogen) atoms. The van der Waals surface area contributed by atoms with Gasteiger partial charge < -0.3 is 0 Å². The van der Waals surface area contributed by atoms with Crippen molar-refractivity contribution in [1.82, 2.24) is 9.97 Å². The van der Waals surface area contributed by atoms with Crippen LogP contribution < -0.4 is 0 Å². The van der Waals surface area contributed by atoms with Crippen molar-refractivity contribution in [3.05, 3.63) is 77.2 Å². The first-order valence-corrected chi connectivity index (χ1v) is 10.2. The fourth-order valence-electron chi connectivity index (χ4n) is 2.36. The molecule has 0 atom stereocenters. The molecule has 1 heterocycles. The minimum Gasteiger partial charge on any atom is -0.259 e. The highest BCUT2D eigenvalue weighted by atomic mass is 35.5. The summed E-state index contributed by atoms with van der Waals surface area (Å²) in [4.78, 5) is 8.97. The SMILES string of the molecule is CC(C)S(=O)(=O)c1ccc(-c2cncc(C#Cc3cccc(Cl)c3)n2)cc1. The molecule has 0 saturated carbocycles. The molecule has 0 aliphatic rings. The summed E-state index contributed by atoms with van der Waals surface area (Å²) in [6.45, 7) is 3.33. The van der Waals surface area contributed by atoms with Crippen LogP contribution in [0.3, 0.4) is 0 Å². The zero-order valence-electron chi connectivity index (χ0n) is 14.8. The van der Waals surface area contributed by atoms with E-state index in [1.165, 1.54) is 0 Å². The lowest BCUT2D eigenvalue weighted by molar-refractivity contribution is 0.587.